The molecule has 2 heterocycles. The van der Waals surface area contributed by atoms with Crippen LogP contribution < -0.4 is 15.2 Å². The summed E-state index contributed by atoms with van der Waals surface area (Å²) in [6, 6.07) is 25.3. The van der Waals surface area contributed by atoms with Gasteiger partial charge in [-0.2, -0.15) is 0 Å². The summed E-state index contributed by atoms with van der Waals surface area (Å²) in [6.45, 7) is 3.90. The van der Waals surface area contributed by atoms with Gasteiger partial charge in [0.2, 0.25) is 0 Å². The number of carbonyl (C=O) groups excluding carboxylic acids is 2. The molecule has 8 heteroatoms. The predicted molar refractivity (Wildman–Crippen MR) is 164 cm³/mol. The van der Waals surface area contributed by atoms with Crippen LogP contribution in [0.25, 0.3) is 11.1 Å². The molecule has 5 rings (SSSR count). The van der Waals surface area contributed by atoms with Crippen LogP contribution in [0.4, 0.5) is 0 Å². The quantitative estimate of drug-likeness (QED) is 0.342. The van der Waals surface area contributed by atoms with E-state index in [1.807, 2.05) is 77.7 Å². The zero-order valence-electron chi connectivity index (χ0n) is 24.5. The number of guanidine groups is 1. The van der Waals surface area contributed by atoms with Crippen LogP contribution in [-0.4, -0.2) is 60.9 Å². The third-order valence-corrected chi connectivity index (χ3v) is 8.33. The van der Waals surface area contributed by atoms with Crippen molar-refractivity contribution in [1.29, 1.82) is 0 Å². The maximum absolute atomic E-state index is 14.2. The Morgan fingerprint density at radius 2 is 1.67 bits per heavy atom. The summed E-state index contributed by atoms with van der Waals surface area (Å²) in [5.74, 6) is 1.88. The number of unbranched alkanes of at least 4 members (excludes halogenated alkanes) is 1. The number of para-hydroxylation sites is 1. The van der Waals surface area contributed by atoms with Gasteiger partial charge in [-0.3, -0.25) is 14.5 Å². The van der Waals surface area contributed by atoms with E-state index in [2.05, 4.69) is 13.0 Å². The van der Waals surface area contributed by atoms with E-state index in [9.17, 15) is 9.59 Å². The van der Waals surface area contributed by atoms with Gasteiger partial charge in [0.25, 0.3) is 11.8 Å². The minimum Gasteiger partial charge on any atom is -0.497 e. The summed E-state index contributed by atoms with van der Waals surface area (Å²) < 4.78 is 11.1. The molecule has 3 aromatic carbocycles. The number of hydrogen-bond donors (Lipinski definition) is 1. The lowest BCUT2D eigenvalue weighted by Gasteiger charge is -2.34. The molecule has 0 aliphatic carbocycles. The molecule has 3 aromatic rings. The van der Waals surface area contributed by atoms with Gasteiger partial charge in [0.1, 0.15) is 11.5 Å². The summed E-state index contributed by atoms with van der Waals surface area (Å²) in [5, 5.41) is 0. The first-order valence-electron chi connectivity index (χ1n) is 14.8. The molecule has 1 fully saturated rings. The number of aliphatic imine (C=N–C) groups is 1. The van der Waals surface area contributed by atoms with E-state index in [-0.39, 0.29) is 30.3 Å². The molecule has 1 saturated heterocycles. The number of amides is 2. The molecule has 0 radical (unpaired) electrons. The number of methoxy groups -OCH3 is 1. The molecule has 2 aliphatic rings. The van der Waals surface area contributed by atoms with Crippen molar-refractivity contribution in [3.63, 3.8) is 0 Å². The van der Waals surface area contributed by atoms with Crippen molar-refractivity contribution in [3.8, 4) is 22.6 Å². The van der Waals surface area contributed by atoms with Gasteiger partial charge in [-0.15, -0.1) is 0 Å². The lowest BCUT2D eigenvalue weighted by Crippen LogP contribution is -2.48. The Kier molecular flexibility index (Phi) is 9.10. The number of nitrogens with zero attached hydrogens (tertiary/aromatic N) is 3. The van der Waals surface area contributed by atoms with Crippen LogP contribution in [0.3, 0.4) is 0 Å². The van der Waals surface area contributed by atoms with Crippen LogP contribution in [0.2, 0.25) is 0 Å². The third kappa shape index (κ3) is 6.27. The SMILES string of the molecule is CCCCC1(c2cccc(-c3cccc(OC)c3)c2)N=C(N)N(CC2CCN(C(=O)COc3ccccc3)CC2)C1=O. The summed E-state index contributed by atoms with van der Waals surface area (Å²) in [4.78, 5) is 35.3. The molecule has 0 spiro atoms. The maximum Gasteiger partial charge on any atom is 0.261 e. The monoisotopic (exact) mass is 568 g/mol. The van der Waals surface area contributed by atoms with Gasteiger partial charge in [0.05, 0.1) is 7.11 Å². The highest BCUT2D eigenvalue weighted by Crippen LogP contribution is 2.40. The van der Waals surface area contributed by atoms with Gasteiger partial charge in [-0.25, -0.2) is 4.99 Å². The van der Waals surface area contributed by atoms with Crippen LogP contribution in [0.5, 0.6) is 11.5 Å². The highest BCUT2D eigenvalue weighted by atomic mass is 16.5. The normalized spacial score (nSPS) is 19.1. The zero-order chi connectivity index (χ0) is 29.5. The molecule has 0 saturated carbocycles. The number of ether oxygens (including phenoxy) is 2. The minimum absolute atomic E-state index is 0.0215. The number of likely N-dealkylation sites (tertiary alicyclic amines) is 1. The number of nitrogens with two attached hydrogens (primary N) is 1. The molecule has 42 heavy (non-hydrogen) atoms. The van der Waals surface area contributed by atoms with Crippen LogP contribution in [0.1, 0.15) is 44.6 Å². The zero-order valence-corrected chi connectivity index (χ0v) is 24.5. The molecule has 2 aliphatic heterocycles. The average Bonchev–Trinajstić information content (AvgIpc) is 3.28. The molecular formula is C34H40N4O4. The second-order valence-electron chi connectivity index (χ2n) is 11.1. The maximum atomic E-state index is 14.2. The van der Waals surface area contributed by atoms with E-state index in [4.69, 9.17) is 20.2 Å². The van der Waals surface area contributed by atoms with Crippen molar-refractivity contribution >= 4 is 17.8 Å². The van der Waals surface area contributed by atoms with E-state index in [0.29, 0.717) is 31.8 Å². The Bertz CT molecular complexity index is 1420. The minimum atomic E-state index is -1.04. The number of benzene rings is 3. The summed E-state index contributed by atoms with van der Waals surface area (Å²) in [6.07, 6.45) is 3.98. The van der Waals surface area contributed by atoms with E-state index >= 15 is 0 Å². The lowest BCUT2D eigenvalue weighted by molar-refractivity contribution is -0.136. The number of hydrogen-bond acceptors (Lipinski definition) is 6. The van der Waals surface area contributed by atoms with E-state index in [1.54, 1.807) is 12.0 Å². The molecular weight excluding hydrogens is 528 g/mol. The lowest BCUT2D eigenvalue weighted by atomic mass is 9.83. The van der Waals surface area contributed by atoms with Gasteiger partial charge in [0, 0.05) is 19.6 Å². The van der Waals surface area contributed by atoms with Crippen molar-refractivity contribution in [2.45, 2.75) is 44.6 Å². The second kappa shape index (κ2) is 13.1. The highest BCUT2D eigenvalue weighted by molar-refractivity contribution is 6.07. The second-order valence-corrected chi connectivity index (χ2v) is 11.1. The van der Waals surface area contributed by atoms with Crippen molar-refractivity contribution in [2.75, 3.05) is 33.4 Å². The van der Waals surface area contributed by atoms with Gasteiger partial charge in [0.15, 0.2) is 18.1 Å². The molecule has 2 amide bonds. The fraction of sp³-hybridized carbons (Fsp3) is 0.382. The summed E-state index contributed by atoms with van der Waals surface area (Å²) >= 11 is 0. The fourth-order valence-corrected chi connectivity index (χ4v) is 5.87. The van der Waals surface area contributed by atoms with Crippen molar-refractivity contribution in [3.05, 3.63) is 84.4 Å². The van der Waals surface area contributed by atoms with Crippen molar-refractivity contribution in [1.82, 2.24) is 9.80 Å². The Hall–Kier alpha value is -4.33. The van der Waals surface area contributed by atoms with Crippen LogP contribution in [0.15, 0.2) is 83.9 Å². The van der Waals surface area contributed by atoms with Gasteiger partial charge >= 0.3 is 0 Å². The van der Waals surface area contributed by atoms with E-state index < -0.39 is 5.54 Å². The molecule has 1 unspecified atom stereocenters. The van der Waals surface area contributed by atoms with Crippen molar-refractivity contribution in [2.24, 2.45) is 16.6 Å². The van der Waals surface area contributed by atoms with Crippen molar-refractivity contribution < 1.29 is 19.1 Å². The molecule has 0 aromatic heterocycles. The van der Waals surface area contributed by atoms with Crippen LogP contribution >= 0.6 is 0 Å². The Labute approximate surface area is 248 Å². The van der Waals surface area contributed by atoms with Gasteiger partial charge in [-0.05, 0) is 72.2 Å². The standard InChI is InChI=1S/C34H40N4O4/c1-3-4-18-34(28-12-8-10-26(21-28)27-11-9-15-30(22-27)41-2)32(40)38(33(35)36-34)23-25-16-19-37(20-17-25)31(39)24-42-29-13-6-5-7-14-29/h5-15,21-22,25H,3-4,16-20,23-24H2,1-2H3,(H2,35,36). The van der Waals surface area contributed by atoms with Gasteiger partial charge in [-0.1, -0.05) is 68.3 Å². The Morgan fingerprint density at radius 3 is 2.38 bits per heavy atom. The first kappa shape index (κ1) is 29.2. The third-order valence-electron chi connectivity index (χ3n) is 8.33. The smallest absolute Gasteiger partial charge is 0.261 e. The van der Waals surface area contributed by atoms with E-state index in [0.717, 1.165) is 48.1 Å². The van der Waals surface area contributed by atoms with Crippen LogP contribution in [-0.2, 0) is 15.1 Å². The van der Waals surface area contributed by atoms with E-state index in [1.165, 1.54) is 0 Å². The Morgan fingerprint density at radius 1 is 0.976 bits per heavy atom. The number of rotatable bonds is 11. The van der Waals surface area contributed by atoms with Gasteiger partial charge < -0.3 is 20.1 Å². The average molecular weight is 569 g/mol. The largest absolute Gasteiger partial charge is 0.497 e. The fourth-order valence-electron chi connectivity index (χ4n) is 5.87. The molecule has 1 atom stereocenters. The summed E-state index contributed by atoms with van der Waals surface area (Å²) in [7, 11) is 1.65. The van der Waals surface area contributed by atoms with Crippen LogP contribution in [0, 0.1) is 5.92 Å². The first-order chi connectivity index (χ1) is 20.4. The Balaban J connectivity index is 1.26. The highest BCUT2D eigenvalue weighted by Gasteiger charge is 2.49. The molecule has 2 N–H and O–H groups in total. The molecule has 220 valence electrons. The molecule has 0 bridgehead atoms. The topological polar surface area (TPSA) is 97.5 Å². The number of piperidine rings is 1. The summed E-state index contributed by atoms with van der Waals surface area (Å²) in [5.41, 5.74) is 8.30. The predicted octanol–water partition coefficient (Wildman–Crippen LogP) is 5.22. The first-order valence-corrected chi connectivity index (χ1v) is 14.8. The number of carbonyl (C=O) groups is 2. The molecule has 8 nitrogen and oxygen atoms in total.